The molecule has 0 aliphatic carbocycles. The fourth-order valence-corrected chi connectivity index (χ4v) is 2.38. The van der Waals surface area contributed by atoms with E-state index in [0.29, 0.717) is 0 Å². The normalized spacial score (nSPS) is 17.7. The molecule has 1 aliphatic heterocycles. The molecule has 1 aromatic rings. The maximum atomic E-state index is 3.41. The minimum absolute atomic E-state index is 0.731. The van der Waals surface area contributed by atoms with Crippen LogP contribution in [0.25, 0.3) is 0 Å². The lowest BCUT2D eigenvalue weighted by Gasteiger charge is -2.25. The van der Waals surface area contributed by atoms with Crippen LogP contribution in [0.2, 0.25) is 0 Å². The summed E-state index contributed by atoms with van der Waals surface area (Å²) < 4.78 is 0. The van der Waals surface area contributed by atoms with E-state index < -0.39 is 0 Å². The van der Waals surface area contributed by atoms with Crippen molar-refractivity contribution in [2.24, 2.45) is 0 Å². The van der Waals surface area contributed by atoms with Gasteiger partial charge in [0.25, 0.3) is 0 Å². The molecule has 0 atom stereocenters. The van der Waals surface area contributed by atoms with Crippen molar-refractivity contribution in [3.8, 4) is 0 Å². The molecule has 0 aromatic heterocycles. The molecule has 2 heteroatoms. The zero-order chi connectivity index (χ0) is 10.7. The van der Waals surface area contributed by atoms with Crippen molar-refractivity contribution in [3.05, 3.63) is 29.3 Å². The van der Waals surface area contributed by atoms with E-state index in [9.17, 15) is 0 Å². The van der Waals surface area contributed by atoms with Gasteiger partial charge in [-0.1, -0.05) is 12.1 Å². The Labute approximate surface area is 92.1 Å². The molecule has 15 heavy (non-hydrogen) atoms. The molecule has 0 saturated carbocycles. The molecule has 1 aliphatic rings. The van der Waals surface area contributed by atoms with Crippen LogP contribution in [-0.4, -0.2) is 20.1 Å². The van der Waals surface area contributed by atoms with Gasteiger partial charge in [-0.05, 0) is 56.0 Å². The van der Waals surface area contributed by atoms with Gasteiger partial charge in [0.1, 0.15) is 0 Å². The van der Waals surface area contributed by atoms with Gasteiger partial charge in [0, 0.05) is 12.7 Å². The Morgan fingerprint density at radius 2 is 2.00 bits per heavy atom. The van der Waals surface area contributed by atoms with E-state index in [1.54, 1.807) is 0 Å². The minimum Gasteiger partial charge on any atom is -0.388 e. The van der Waals surface area contributed by atoms with E-state index in [1.165, 1.54) is 29.7 Å². The molecule has 2 rings (SSSR count). The monoisotopic (exact) mass is 204 g/mol. The zero-order valence-electron chi connectivity index (χ0n) is 9.64. The highest BCUT2D eigenvalue weighted by molar-refractivity contribution is 5.54. The third-order valence-electron chi connectivity index (χ3n) is 3.26. The highest BCUT2D eigenvalue weighted by atomic mass is 14.9. The van der Waals surface area contributed by atoms with Crippen molar-refractivity contribution in [3.63, 3.8) is 0 Å². The summed E-state index contributed by atoms with van der Waals surface area (Å²) in [5.74, 6) is 0.731. The first kappa shape index (κ1) is 10.5. The van der Waals surface area contributed by atoms with Crippen LogP contribution in [0, 0.1) is 6.92 Å². The molecule has 2 nitrogen and oxygen atoms in total. The van der Waals surface area contributed by atoms with Gasteiger partial charge < -0.3 is 10.6 Å². The highest BCUT2D eigenvalue weighted by Gasteiger charge is 2.17. The second-order valence-electron chi connectivity index (χ2n) is 4.36. The first-order valence-electron chi connectivity index (χ1n) is 5.80. The van der Waals surface area contributed by atoms with Crippen LogP contribution >= 0.6 is 0 Å². The van der Waals surface area contributed by atoms with E-state index in [4.69, 9.17) is 0 Å². The van der Waals surface area contributed by atoms with E-state index in [1.807, 2.05) is 7.05 Å². The Balaban J connectivity index is 2.25. The van der Waals surface area contributed by atoms with Crippen LogP contribution in [-0.2, 0) is 0 Å². The van der Waals surface area contributed by atoms with Crippen LogP contribution < -0.4 is 10.6 Å². The maximum Gasteiger partial charge on any atom is 0.0375 e. The van der Waals surface area contributed by atoms with E-state index >= 15 is 0 Å². The topological polar surface area (TPSA) is 24.1 Å². The smallest absolute Gasteiger partial charge is 0.0375 e. The number of aryl methyl sites for hydroxylation is 1. The van der Waals surface area contributed by atoms with E-state index in [2.05, 4.69) is 35.8 Å². The summed E-state index contributed by atoms with van der Waals surface area (Å²) in [6.45, 7) is 4.45. The Hall–Kier alpha value is -1.02. The van der Waals surface area contributed by atoms with Gasteiger partial charge in [0.2, 0.25) is 0 Å². The largest absolute Gasteiger partial charge is 0.388 e. The summed E-state index contributed by atoms with van der Waals surface area (Å²) in [6.07, 6.45) is 2.52. The molecule has 2 N–H and O–H groups in total. The molecule has 0 bridgehead atoms. The predicted octanol–water partition coefficient (Wildman–Crippen LogP) is 2.50. The van der Waals surface area contributed by atoms with Crippen molar-refractivity contribution >= 4 is 5.69 Å². The van der Waals surface area contributed by atoms with Crippen LogP contribution in [0.5, 0.6) is 0 Å². The fraction of sp³-hybridized carbons (Fsp3) is 0.538. The summed E-state index contributed by atoms with van der Waals surface area (Å²) in [5.41, 5.74) is 4.13. The van der Waals surface area contributed by atoms with Crippen molar-refractivity contribution in [1.29, 1.82) is 0 Å². The van der Waals surface area contributed by atoms with Crippen LogP contribution in [0.15, 0.2) is 18.2 Å². The Morgan fingerprint density at radius 3 is 2.67 bits per heavy atom. The van der Waals surface area contributed by atoms with E-state index in [0.717, 1.165) is 19.0 Å². The van der Waals surface area contributed by atoms with Crippen LogP contribution in [0.4, 0.5) is 5.69 Å². The number of anilines is 1. The molecule has 82 valence electrons. The van der Waals surface area contributed by atoms with Crippen molar-refractivity contribution in [2.75, 3.05) is 25.5 Å². The molecule has 1 fully saturated rings. The third-order valence-corrected chi connectivity index (χ3v) is 3.26. The molecule has 0 unspecified atom stereocenters. The molecule has 0 amide bonds. The summed E-state index contributed by atoms with van der Waals surface area (Å²) in [6, 6.07) is 6.76. The Bertz CT molecular complexity index is 327. The van der Waals surface area contributed by atoms with Gasteiger partial charge in [-0.2, -0.15) is 0 Å². The summed E-state index contributed by atoms with van der Waals surface area (Å²) in [4.78, 5) is 0. The number of hydrogen-bond acceptors (Lipinski definition) is 2. The summed E-state index contributed by atoms with van der Waals surface area (Å²) in [7, 11) is 2.01. The SMILES string of the molecule is CNc1cc(C)ccc1C1CCNCC1. The average molecular weight is 204 g/mol. The summed E-state index contributed by atoms with van der Waals surface area (Å²) in [5, 5.41) is 6.73. The van der Waals surface area contributed by atoms with Gasteiger partial charge in [-0.3, -0.25) is 0 Å². The Kier molecular flexibility index (Phi) is 3.27. The summed E-state index contributed by atoms with van der Waals surface area (Å²) >= 11 is 0. The zero-order valence-corrected chi connectivity index (χ0v) is 9.64. The first-order valence-corrected chi connectivity index (χ1v) is 5.80. The van der Waals surface area contributed by atoms with Crippen molar-refractivity contribution < 1.29 is 0 Å². The lowest BCUT2D eigenvalue weighted by molar-refractivity contribution is 0.461. The number of rotatable bonds is 2. The number of piperidine rings is 1. The van der Waals surface area contributed by atoms with Crippen molar-refractivity contribution in [2.45, 2.75) is 25.7 Å². The maximum absolute atomic E-state index is 3.41. The van der Waals surface area contributed by atoms with Gasteiger partial charge in [-0.15, -0.1) is 0 Å². The van der Waals surface area contributed by atoms with E-state index in [-0.39, 0.29) is 0 Å². The lowest BCUT2D eigenvalue weighted by Crippen LogP contribution is -2.27. The molecule has 0 radical (unpaired) electrons. The van der Waals surface area contributed by atoms with Gasteiger partial charge in [-0.25, -0.2) is 0 Å². The van der Waals surface area contributed by atoms with Crippen LogP contribution in [0.1, 0.15) is 29.9 Å². The third kappa shape index (κ3) is 2.32. The molecule has 0 spiro atoms. The standard InChI is InChI=1S/C13H20N2/c1-10-3-4-12(13(9-10)14-2)11-5-7-15-8-6-11/h3-4,9,11,14-15H,5-8H2,1-2H3. The average Bonchev–Trinajstić information content (AvgIpc) is 2.30. The molecular formula is C13H20N2. The molecule has 1 saturated heterocycles. The van der Waals surface area contributed by atoms with Gasteiger partial charge in [0.15, 0.2) is 0 Å². The Morgan fingerprint density at radius 1 is 1.27 bits per heavy atom. The lowest BCUT2D eigenvalue weighted by atomic mass is 9.88. The fourth-order valence-electron chi connectivity index (χ4n) is 2.38. The minimum atomic E-state index is 0.731. The first-order chi connectivity index (χ1) is 7.31. The highest BCUT2D eigenvalue weighted by Crippen LogP contribution is 2.31. The van der Waals surface area contributed by atoms with Gasteiger partial charge >= 0.3 is 0 Å². The number of benzene rings is 1. The second-order valence-corrected chi connectivity index (χ2v) is 4.36. The van der Waals surface area contributed by atoms with Crippen molar-refractivity contribution in [1.82, 2.24) is 5.32 Å². The second kappa shape index (κ2) is 4.67. The molecule has 1 aromatic carbocycles. The molecular weight excluding hydrogens is 184 g/mol. The van der Waals surface area contributed by atoms with Crippen LogP contribution in [0.3, 0.4) is 0 Å². The molecule has 1 heterocycles. The van der Waals surface area contributed by atoms with Gasteiger partial charge in [0.05, 0.1) is 0 Å². The quantitative estimate of drug-likeness (QED) is 0.773. The predicted molar refractivity (Wildman–Crippen MR) is 65.6 cm³/mol. The number of hydrogen-bond donors (Lipinski definition) is 2. The number of nitrogens with one attached hydrogen (secondary N) is 2.